The highest BCUT2D eigenvalue weighted by Gasteiger charge is 2.22. The van der Waals surface area contributed by atoms with Crippen LogP contribution in [0.2, 0.25) is 0 Å². The van der Waals surface area contributed by atoms with Crippen LogP contribution in [0.1, 0.15) is 42.9 Å². The molecule has 0 unspecified atom stereocenters. The van der Waals surface area contributed by atoms with Crippen molar-refractivity contribution in [3.05, 3.63) is 58.7 Å². The fourth-order valence-corrected chi connectivity index (χ4v) is 3.38. The minimum atomic E-state index is -0.745. The summed E-state index contributed by atoms with van der Waals surface area (Å²) in [5.41, 5.74) is 3.41. The van der Waals surface area contributed by atoms with E-state index in [0.717, 1.165) is 41.7 Å². The van der Waals surface area contributed by atoms with Crippen LogP contribution < -0.4 is 0 Å². The van der Waals surface area contributed by atoms with Crippen molar-refractivity contribution in [1.82, 2.24) is 0 Å². The number of allylic oxidation sites excluding steroid dienone is 2. The standard InChI is InChI=1S/C19H18F2O2/c1-2-14-15-7-6-12(22)8-11(15)4-3-5-16(14)19-17(20)9-13(23)10-18(19)21/h6-10,22-23H,2-5H2,1H3. The average molecular weight is 316 g/mol. The van der Waals surface area contributed by atoms with E-state index in [1.54, 1.807) is 12.1 Å². The molecule has 0 amide bonds. The maximum Gasteiger partial charge on any atom is 0.137 e. The first-order chi connectivity index (χ1) is 11.0. The fraction of sp³-hybridized carbons (Fsp3) is 0.263. The van der Waals surface area contributed by atoms with Gasteiger partial charge in [-0.3, -0.25) is 0 Å². The largest absolute Gasteiger partial charge is 0.508 e. The summed E-state index contributed by atoms with van der Waals surface area (Å²) in [6, 6.07) is 7.02. The molecule has 0 aliphatic heterocycles. The van der Waals surface area contributed by atoms with Crippen LogP contribution in [0.5, 0.6) is 11.5 Å². The summed E-state index contributed by atoms with van der Waals surface area (Å²) in [6.07, 6.45) is 2.68. The van der Waals surface area contributed by atoms with Gasteiger partial charge in [0.2, 0.25) is 0 Å². The smallest absolute Gasteiger partial charge is 0.137 e. The summed E-state index contributed by atoms with van der Waals surface area (Å²) >= 11 is 0. The predicted octanol–water partition coefficient (Wildman–Crippen LogP) is 5.03. The molecular weight excluding hydrogens is 298 g/mol. The lowest BCUT2D eigenvalue weighted by Crippen LogP contribution is -1.98. The number of halogens is 2. The quantitative estimate of drug-likeness (QED) is 0.815. The molecule has 0 atom stereocenters. The van der Waals surface area contributed by atoms with Crippen LogP contribution in [-0.2, 0) is 6.42 Å². The van der Waals surface area contributed by atoms with E-state index in [0.29, 0.717) is 18.4 Å². The highest BCUT2D eigenvalue weighted by atomic mass is 19.1. The van der Waals surface area contributed by atoms with E-state index in [9.17, 15) is 19.0 Å². The summed E-state index contributed by atoms with van der Waals surface area (Å²) in [5.74, 6) is -1.71. The molecule has 2 aromatic rings. The topological polar surface area (TPSA) is 40.5 Å². The highest BCUT2D eigenvalue weighted by Crippen LogP contribution is 2.40. The fourth-order valence-electron chi connectivity index (χ4n) is 3.38. The zero-order valence-corrected chi connectivity index (χ0v) is 12.9. The summed E-state index contributed by atoms with van der Waals surface area (Å²) < 4.78 is 28.6. The van der Waals surface area contributed by atoms with E-state index in [4.69, 9.17) is 0 Å². The van der Waals surface area contributed by atoms with Gasteiger partial charge in [-0.15, -0.1) is 0 Å². The van der Waals surface area contributed by atoms with E-state index in [-0.39, 0.29) is 11.3 Å². The zero-order chi connectivity index (χ0) is 16.6. The third-order valence-electron chi connectivity index (χ3n) is 4.33. The van der Waals surface area contributed by atoms with E-state index < -0.39 is 17.4 Å². The molecule has 0 bridgehead atoms. The molecule has 0 spiro atoms. The molecule has 0 saturated heterocycles. The molecule has 4 heteroatoms. The van der Waals surface area contributed by atoms with E-state index in [2.05, 4.69) is 0 Å². The van der Waals surface area contributed by atoms with Crippen LogP contribution in [0.25, 0.3) is 11.1 Å². The molecule has 1 aliphatic carbocycles. The molecule has 2 aromatic carbocycles. The first kappa shape index (κ1) is 15.5. The van der Waals surface area contributed by atoms with Gasteiger partial charge in [0.15, 0.2) is 0 Å². The van der Waals surface area contributed by atoms with Crippen molar-refractivity contribution in [2.45, 2.75) is 32.6 Å². The lowest BCUT2D eigenvalue weighted by Gasteiger charge is -2.16. The maximum absolute atomic E-state index is 14.3. The van der Waals surface area contributed by atoms with Gasteiger partial charge in [0.05, 0.1) is 0 Å². The lowest BCUT2D eigenvalue weighted by atomic mass is 9.90. The number of phenols is 2. The van der Waals surface area contributed by atoms with Crippen molar-refractivity contribution >= 4 is 11.1 Å². The van der Waals surface area contributed by atoms with Gasteiger partial charge >= 0.3 is 0 Å². The molecule has 0 saturated carbocycles. The minimum Gasteiger partial charge on any atom is -0.508 e. The van der Waals surface area contributed by atoms with Crippen LogP contribution >= 0.6 is 0 Å². The number of fused-ring (bicyclic) bond motifs is 1. The molecule has 0 heterocycles. The number of hydrogen-bond acceptors (Lipinski definition) is 2. The van der Waals surface area contributed by atoms with Gasteiger partial charge < -0.3 is 10.2 Å². The number of rotatable bonds is 2. The second kappa shape index (κ2) is 6.03. The summed E-state index contributed by atoms with van der Waals surface area (Å²) in [4.78, 5) is 0. The Labute approximate surface area is 133 Å². The monoisotopic (exact) mass is 316 g/mol. The van der Waals surface area contributed by atoms with Gasteiger partial charge in [0, 0.05) is 17.7 Å². The number of hydrogen-bond donors (Lipinski definition) is 2. The molecule has 1 aliphatic rings. The molecule has 0 fully saturated rings. The average Bonchev–Trinajstić information content (AvgIpc) is 2.65. The molecule has 3 rings (SSSR count). The number of phenolic OH excluding ortho intramolecular Hbond substituents is 2. The first-order valence-corrected chi connectivity index (χ1v) is 7.74. The summed E-state index contributed by atoms with van der Waals surface area (Å²) in [6.45, 7) is 1.95. The van der Waals surface area contributed by atoms with Crippen LogP contribution in [0.3, 0.4) is 0 Å². The van der Waals surface area contributed by atoms with Gasteiger partial charge in [0.1, 0.15) is 23.1 Å². The van der Waals surface area contributed by atoms with Crippen molar-refractivity contribution < 1.29 is 19.0 Å². The third kappa shape index (κ3) is 2.81. The van der Waals surface area contributed by atoms with E-state index in [1.807, 2.05) is 13.0 Å². The summed E-state index contributed by atoms with van der Waals surface area (Å²) in [7, 11) is 0. The van der Waals surface area contributed by atoms with Crippen molar-refractivity contribution in [1.29, 1.82) is 0 Å². The van der Waals surface area contributed by atoms with E-state index >= 15 is 0 Å². The normalized spacial score (nSPS) is 14.6. The number of aryl methyl sites for hydroxylation is 1. The van der Waals surface area contributed by atoms with Crippen LogP contribution in [-0.4, -0.2) is 10.2 Å². The highest BCUT2D eigenvalue weighted by molar-refractivity contribution is 5.92. The SMILES string of the molecule is CCC1=C(c2c(F)cc(O)cc2F)CCCc2cc(O)ccc21. The molecule has 2 N–H and O–H groups in total. The first-order valence-electron chi connectivity index (χ1n) is 7.74. The Morgan fingerprint density at radius 1 is 0.957 bits per heavy atom. The third-order valence-corrected chi connectivity index (χ3v) is 4.33. The molecule has 0 aromatic heterocycles. The van der Waals surface area contributed by atoms with Crippen molar-refractivity contribution in [3.63, 3.8) is 0 Å². The Morgan fingerprint density at radius 2 is 1.65 bits per heavy atom. The van der Waals surface area contributed by atoms with E-state index in [1.165, 1.54) is 0 Å². The maximum atomic E-state index is 14.3. The van der Waals surface area contributed by atoms with Crippen LogP contribution in [0.15, 0.2) is 30.3 Å². The Kier molecular flexibility index (Phi) is 4.07. The zero-order valence-electron chi connectivity index (χ0n) is 12.9. The van der Waals surface area contributed by atoms with Gasteiger partial charge in [-0.1, -0.05) is 13.0 Å². The summed E-state index contributed by atoms with van der Waals surface area (Å²) in [5, 5.41) is 19.0. The minimum absolute atomic E-state index is 0.0550. The Hall–Kier alpha value is -2.36. The van der Waals surface area contributed by atoms with Gasteiger partial charge in [-0.2, -0.15) is 0 Å². The van der Waals surface area contributed by atoms with Crippen LogP contribution in [0.4, 0.5) is 8.78 Å². The molecular formula is C19H18F2O2. The lowest BCUT2D eigenvalue weighted by molar-refractivity contribution is 0.459. The molecule has 120 valence electrons. The molecule has 0 radical (unpaired) electrons. The Morgan fingerprint density at radius 3 is 2.30 bits per heavy atom. The van der Waals surface area contributed by atoms with Crippen LogP contribution in [0, 0.1) is 11.6 Å². The Bertz CT molecular complexity index is 771. The Balaban J connectivity index is 2.26. The second-order valence-corrected chi connectivity index (χ2v) is 5.79. The van der Waals surface area contributed by atoms with Gasteiger partial charge in [0.25, 0.3) is 0 Å². The van der Waals surface area contributed by atoms with Gasteiger partial charge in [-0.25, -0.2) is 8.78 Å². The molecule has 23 heavy (non-hydrogen) atoms. The van der Waals surface area contributed by atoms with Crippen molar-refractivity contribution in [2.24, 2.45) is 0 Å². The second-order valence-electron chi connectivity index (χ2n) is 5.79. The number of aromatic hydroxyl groups is 2. The van der Waals surface area contributed by atoms with Gasteiger partial charge in [-0.05, 0) is 60.1 Å². The molecule has 2 nitrogen and oxygen atoms in total. The predicted molar refractivity (Wildman–Crippen MR) is 86.2 cm³/mol. The van der Waals surface area contributed by atoms with Crippen molar-refractivity contribution in [2.75, 3.05) is 0 Å². The van der Waals surface area contributed by atoms with Crippen molar-refractivity contribution in [3.8, 4) is 11.5 Å². The number of benzene rings is 2.